The molecule has 0 unspecified atom stereocenters. The van der Waals surface area contributed by atoms with Crippen LogP contribution in [0.5, 0.6) is 0 Å². The van der Waals surface area contributed by atoms with Gasteiger partial charge in [0.2, 0.25) is 5.76 Å². The summed E-state index contributed by atoms with van der Waals surface area (Å²) in [6.45, 7) is 0. The van der Waals surface area contributed by atoms with Crippen LogP contribution in [-0.2, 0) is 9.53 Å². The lowest BCUT2D eigenvalue weighted by Gasteiger charge is -2.35. The van der Waals surface area contributed by atoms with Crippen molar-refractivity contribution in [3.63, 3.8) is 0 Å². The quantitative estimate of drug-likeness (QED) is 0.558. The third-order valence-electron chi connectivity index (χ3n) is 4.12. The number of hydrogen-bond acceptors (Lipinski definition) is 3. The van der Waals surface area contributed by atoms with E-state index in [1.807, 2.05) is 0 Å². The summed E-state index contributed by atoms with van der Waals surface area (Å²) in [5.41, 5.74) is 0. The van der Waals surface area contributed by atoms with Crippen LogP contribution in [-0.4, -0.2) is 29.7 Å². The SMILES string of the molecule is O=C1C(SC(F)(F)C(F)F)=C(C(F)(F)F)O[C@H]2[C@H]1[C@H]1C=C[C@H]2C1. The molecule has 3 aliphatic rings. The first-order chi connectivity index (χ1) is 10.5. The molecule has 2 nitrogen and oxygen atoms in total. The summed E-state index contributed by atoms with van der Waals surface area (Å²) in [7, 11) is 0. The van der Waals surface area contributed by atoms with E-state index in [-0.39, 0.29) is 0 Å². The van der Waals surface area contributed by atoms with Crippen molar-refractivity contribution >= 4 is 17.5 Å². The number of Topliss-reactive ketones (excluding diaryl/α,β-unsaturated/α-hetero) is 1. The number of hydrogen-bond donors (Lipinski definition) is 0. The zero-order valence-electron chi connectivity index (χ0n) is 11.1. The van der Waals surface area contributed by atoms with Crippen molar-refractivity contribution in [1.29, 1.82) is 0 Å². The number of fused-ring (bicyclic) bond motifs is 5. The first-order valence-corrected chi connectivity index (χ1v) is 7.39. The Kier molecular flexibility index (Phi) is 3.73. The zero-order valence-corrected chi connectivity index (χ0v) is 11.9. The molecule has 0 radical (unpaired) electrons. The zero-order chi connectivity index (χ0) is 17.2. The molecule has 23 heavy (non-hydrogen) atoms. The molecule has 128 valence electrons. The molecule has 1 fully saturated rings. The predicted octanol–water partition coefficient (Wildman–Crippen LogP) is 4.14. The van der Waals surface area contributed by atoms with E-state index in [0.717, 1.165) is 0 Å². The Balaban J connectivity index is 2.01. The minimum atomic E-state index is -5.22. The second-order valence-electron chi connectivity index (χ2n) is 5.54. The van der Waals surface area contributed by atoms with Gasteiger partial charge in [-0.05, 0) is 24.1 Å². The molecule has 0 aromatic heterocycles. The molecular formula is C13H9F7O2S. The van der Waals surface area contributed by atoms with Crippen LogP contribution in [0.15, 0.2) is 22.8 Å². The van der Waals surface area contributed by atoms with Gasteiger partial charge in [-0.1, -0.05) is 12.2 Å². The number of ether oxygens (including phenoxy) is 1. The maximum absolute atomic E-state index is 13.2. The lowest BCUT2D eigenvalue weighted by Crippen LogP contribution is -2.42. The van der Waals surface area contributed by atoms with Gasteiger partial charge in [0.05, 0.1) is 5.92 Å². The van der Waals surface area contributed by atoms with Crippen LogP contribution in [0.4, 0.5) is 30.7 Å². The highest BCUT2D eigenvalue weighted by molar-refractivity contribution is 8.05. The summed E-state index contributed by atoms with van der Waals surface area (Å²) in [4.78, 5) is 10.8. The van der Waals surface area contributed by atoms with E-state index in [1.54, 1.807) is 12.2 Å². The number of halogens is 7. The van der Waals surface area contributed by atoms with Gasteiger partial charge in [-0.3, -0.25) is 4.79 Å². The average Bonchev–Trinajstić information content (AvgIpc) is 3.01. The van der Waals surface area contributed by atoms with Crippen molar-refractivity contribution in [2.45, 2.75) is 30.4 Å². The molecule has 2 aliphatic carbocycles. The first-order valence-electron chi connectivity index (χ1n) is 6.58. The van der Waals surface area contributed by atoms with Gasteiger partial charge in [-0.25, -0.2) is 8.78 Å². The predicted molar refractivity (Wildman–Crippen MR) is 65.7 cm³/mol. The number of carbonyl (C=O) groups excluding carboxylic acids is 1. The summed E-state index contributed by atoms with van der Waals surface area (Å²) in [5, 5.41) is -4.81. The van der Waals surface area contributed by atoms with Gasteiger partial charge >= 0.3 is 17.9 Å². The van der Waals surface area contributed by atoms with E-state index in [2.05, 4.69) is 0 Å². The molecule has 0 aromatic rings. The molecule has 0 saturated heterocycles. The van der Waals surface area contributed by atoms with Gasteiger partial charge in [0.1, 0.15) is 11.0 Å². The number of thioether (sulfide) groups is 1. The molecule has 0 amide bonds. The molecule has 2 bridgehead atoms. The molecule has 4 atom stereocenters. The van der Waals surface area contributed by atoms with E-state index in [4.69, 9.17) is 4.74 Å². The third-order valence-corrected chi connectivity index (χ3v) is 5.16. The van der Waals surface area contributed by atoms with Gasteiger partial charge < -0.3 is 4.74 Å². The smallest absolute Gasteiger partial charge is 0.450 e. The van der Waals surface area contributed by atoms with Crippen LogP contribution in [0, 0.1) is 17.8 Å². The highest BCUT2D eigenvalue weighted by Crippen LogP contribution is 2.55. The Bertz CT molecular complexity index is 596. The molecule has 1 saturated carbocycles. The second kappa shape index (κ2) is 5.15. The lowest BCUT2D eigenvalue weighted by atomic mass is 9.85. The number of rotatable bonds is 3. The van der Waals surface area contributed by atoms with Gasteiger partial charge in [-0.15, -0.1) is 0 Å². The largest absolute Gasteiger partial charge is 0.483 e. The van der Waals surface area contributed by atoms with Gasteiger partial charge in [0.15, 0.2) is 5.78 Å². The van der Waals surface area contributed by atoms with Crippen molar-refractivity contribution in [2.75, 3.05) is 0 Å². The second-order valence-corrected chi connectivity index (χ2v) is 6.70. The molecule has 1 heterocycles. The van der Waals surface area contributed by atoms with E-state index in [1.165, 1.54) is 0 Å². The Hall–Kier alpha value is -1.19. The summed E-state index contributed by atoms with van der Waals surface area (Å²) in [6.07, 6.45) is -6.88. The van der Waals surface area contributed by atoms with Crippen LogP contribution >= 0.6 is 11.8 Å². The number of allylic oxidation sites excluding steroid dienone is 3. The standard InChI is InChI=1S/C13H9F7O2S/c14-11(15)13(19,20)23-9-7(21)6-4-1-2-5(3-4)8(6)22-10(9)12(16,17)18/h1-2,4-6,8,11H,3H2/t4-,5-,6-,8+/m0/s1. The van der Waals surface area contributed by atoms with E-state index >= 15 is 0 Å². The van der Waals surface area contributed by atoms with Crippen LogP contribution < -0.4 is 0 Å². The normalized spacial score (nSPS) is 33.5. The highest BCUT2D eigenvalue weighted by atomic mass is 32.2. The third kappa shape index (κ3) is 2.64. The average molecular weight is 362 g/mol. The molecule has 0 spiro atoms. The van der Waals surface area contributed by atoms with Crippen LogP contribution in [0.3, 0.4) is 0 Å². The Morgan fingerprint density at radius 2 is 1.74 bits per heavy atom. The molecular weight excluding hydrogens is 353 g/mol. The molecule has 0 N–H and O–H groups in total. The fourth-order valence-corrected chi connectivity index (χ4v) is 4.06. The van der Waals surface area contributed by atoms with Crippen LogP contribution in [0.2, 0.25) is 0 Å². The fourth-order valence-electron chi connectivity index (χ4n) is 3.21. The van der Waals surface area contributed by atoms with Crippen molar-refractivity contribution in [3.8, 4) is 0 Å². The Labute approximate surface area is 129 Å². The van der Waals surface area contributed by atoms with Crippen molar-refractivity contribution in [3.05, 3.63) is 22.8 Å². The monoisotopic (exact) mass is 362 g/mol. The fraction of sp³-hybridized carbons (Fsp3) is 0.615. The molecule has 10 heteroatoms. The maximum Gasteiger partial charge on any atom is 0.450 e. The summed E-state index contributed by atoms with van der Waals surface area (Å²) in [5.74, 6) is -4.95. The van der Waals surface area contributed by atoms with Crippen LogP contribution in [0.1, 0.15) is 6.42 Å². The Morgan fingerprint density at radius 3 is 2.30 bits per heavy atom. The van der Waals surface area contributed by atoms with E-state index < -0.39 is 69.9 Å². The van der Waals surface area contributed by atoms with Crippen molar-refractivity contribution in [2.24, 2.45) is 17.8 Å². The van der Waals surface area contributed by atoms with Gasteiger partial charge in [0, 0.05) is 5.92 Å². The van der Waals surface area contributed by atoms with Crippen molar-refractivity contribution in [1.82, 2.24) is 0 Å². The van der Waals surface area contributed by atoms with Gasteiger partial charge in [-0.2, -0.15) is 22.0 Å². The maximum atomic E-state index is 13.2. The summed E-state index contributed by atoms with van der Waals surface area (Å²) >= 11 is -1.07. The minimum Gasteiger partial charge on any atom is -0.483 e. The van der Waals surface area contributed by atoms with Crippen molar-refractivity contribution < 1.29 is 40.3 Å². The molecule has 1 aliphatic heterocycles. The summed E-state index contributed by atoms with van der Waals surface area (Å²) in [6, 6.07) is 0. The Morgan fingerprint density at radius 1 is 1.13 bits per heavy atom. The lowest BCUT2D eigenvalue weighted by molar-refractivity contribution is -0.158. The number of alkyl halides is 7. The number of ketones is 1. The molecule has 0 aromatic carbocycles. The first kappa shape index (κ1) is 16.7. The van der Waals surface area contributed by atoms with E-state index in [9.17, 15) is 35.5 Å². The number of carbonyl (C=O) groups is 1. The van der Waals surface area contributed by atoms with Gasteiger partial charge in [0.25, 0.3) is 0 Å². The summed E-state index contributed by atoms with van der Waals surface area (Å²) < 4.78 is 94.9. The highest BCUT2D eigenvalue weighted by Gasteiger charge is 2.59. The molecule has 3 rings (SSSR count). The van der Waals surface area contributed by atoms with E-state index in [0.29, 0.717) is 6.42 Å². The minimum absolute atomic E-state index is 0.384. The topological polar surface area (TPSA) is 26.3 Å². The van der Waals surface area contributed by atoms with Crippen LogP contribution in [0.25, 0.3) is 0 Å².